The standard InChI is InChI=1S/C29H35N7O/c1-4-5-23(18-34-35-21-36(3)27-10-11-27)15-17-31-29(37)13-9-24(14-16-30)25-8-12-28(33-19-25)26-7-6-22(2)32-20-26/h4,6-9,12-19,21,23,26-27,30H,1,5,10-11,20H2,2-3H3,(H,31,37)/b13-9+,17-15+,24-14+,30-16?,34-18+,35-21-. The van der Waals surface area contributed by atoms with Crippen LogP contribution >= 0.6 is 0 Å². The third-order valence-electron chi connectivity index (χ3n) is 5.97. The summed E-state index contributed by atoms with van der Waals surface area (Å²) in [6, 6.07) is 4.50. The summed E-state index contributed by atoms with van der Waals surface area (Å²) in [6.45, 7) is 6.45. The van der Waals surface area contributed by atoms with Crippen LogP contribution in [0.15, 0.2) is 88.8 Å². The number of hydrogen-bond donors (Lipinski definition) is 2. The highest BCUT2D eigenvalue weighted by Gasteiger charge is 2.24. The van der Waals surface area contributed by atoms with Gasteiger partial charge in [0.1, 0.15) is 6.34 Å². The normalized spacial score (nSPS) is 19.0. The van der Waals surface area contributed by atoms with Gasteiger partial charge in [-0.3, -0.25) is 14.8 Å². The lowest BCUT2D eigenvalue weighted by molar-refractivity contribution is -0.115. The van der Waals surface area contributed by atoms with E-state index in [0.29, 0.717) is 24.6 Å². The molecule has 1 aliphatic carbocycles. The molecule has 1 fully saturated rings. The van der Waals surface area contributed by atoms with E-state index < -0.39 is 0 Å². The first-order chi connectivity index (χ1) is 18.0. The van der Waals surface area contributed by atoms with Crippen LogP contribution in [0.2, 0.25) is 0 Å². The number of pyridine rings is 1. The minimum Gasteiger partial charge on any atom is -0.361 e. The third kappa shape index (κ3) is 9.40. The Kier molecular flexibility index (Phi) is 10.6. The number of carbonyl (C=O) groups is 1. The predicted molar refractivity (Wildman–Crippen MR) is 153 cm³/mol. The van der Waals surface area contributed by atoms with Crippen LogP contribution in [0.1, 0.15) is 43.4 Å². The van der Waals surface area contributed by atoms with Crippen LogP contribution in [0.4, 0.5) is 0 Å². The van der Waals surface area contributed by atoms with E-state index in [0.717, 1.165) is 17.0 Å². The summed E-state index contributed by atoms with van der Waals surface area (Å²) in [6.07, 6.45) is 23.6. The van der Waals surface area contributed by atoms with Gasteiger partial charge in [0.15, 0.2) is 0 Å². The summed E-state index contributed by atoms with van der Waals surface area (Å²) in [7, 11) is 2.00. The van der Waals surface area contributed by atoms with E-state index in [2.05, 4.69) is 43.1 Å². The van der Waals surface area contributed by atoms with Crippen LogP contribution in [-0.2, 0) is 4.79 Å². The van der Waals surface area contributed by atoms with E-state index >= 15 is 0 Å². The Morgan fingerprint density at radius 3 is 2.81 bits per heavy atom. The van der Waals surface area contributed by atoms with Gasteiger partial charge in [-0.05, 0) is 56.1 Å². The Bertz CT molecular complexity index is 1150. The maximum Gasteiger partial charge on any atom is 0.247 e. The molecule has 0 saturated heterocycles. The molecule has 1 saturated carbocycles. The van der Waals surface area contributed by atoms with E-state index in [-0.39, 0.29) is 17.7 Å². The summed E-state index contributed by atoms with van der Waals surface area (Å²) in [5.41, 5.74) is 3.50. The molecule has 2 N–H and O–H groups in total. The van der Waals surface area contributed by atoms with Crippen molar-refractivity contribution >= 4 is 36.0 Å². The van der Waals surface area contributed by atoms with Crippen molar-refractivity contribution in [1.82, 2.24) is 15.2 Å². The maximum atomic E-state index is 12.4. The Balaban J connectivity index is 1.54. The van der Waals surface area contributed by atoms with Gasteiger partial charge in [-0.15, -0.1) is 11.7 Å². The molecule has 1 aliphatic heterocycles. The smallest absolute Gasteiger partial charge is 0.247 e. The molecule has 3 rings (SSSR count). The first-order valence-electron chi connectivity index (χ1n) is 12.4. The van der Waals surface area contributed by atoms with E-state index in [9.17, 15) is 4.79 Å². The van der Waals surface area contributed by atoms with E-state index in [1.807, 2.05) is 38.3 Å². The number of nitrogens with one attached hydrogen (secondary N) is 2. The van der Waals surface area contributed by atoms with Gasteiger partial charge in [-0.1, -0.05) is 24.3 Å². The lowest BCUT2D eigenvalue weighted by atomic mass is 9.99. The molecule has 0 spiro atoms. The van der Waals surface area contributed by atoms with Gasteiger partial charge in [0.05, 0.1) is 6.54 Å². The molecule has 2 heterocycles. The number of aromatic nitrogens is 1. The Hall–Kier alpha value is -4.20. The average molecular weight is 498 g/mol. The van der Waals surface area contributed by atoms with Gasteiger partial charge < -0.3 is 15.6 Å². The zero-order chi connectivity index (χ0) is 26.5. The fourth-order valence-corrected chi connectivity index (χ4v) is 3.60. The topological polar surface area (TPSA) is 106 Å². The van der Waals surface area contributed by atoms with Gasteiger partial charge in [-0.2, -0.15) is 5.10 Å². The Labute approximate surface area is 219 Å². The number of dihydropyridines is 1. The summed E-state index contributed by atoms with van der Waals surface area (Å²) in [5.74, 6) is -0.153. The highest BCUT2D eigenvalue weighted by atomic mass is 16.1. The molecule has 1 aromatic rings. The second-order valence-corrected chi connectivity index (χ2v) is 8.99. The molecular formula is C29H35N7O. The Morgan fingerprint density at radius 1 is 1.32 bits per heavy atom. The molecule has 192 valence electrons. The van der Waals surface area contributed by atoms with Crippen LogP contribution < -0.4 is 5.32 Å². The fraction of sp³-hybridized carbons (Fsp3) is 0.310. The molecule has 8 nitrogen and oxygen atoms in total. The van der Waals surface area contributed by atoms with Gasteiger partial charge in [-0.25, -0.2) is 0 Å². The van der Waals surface area contributed by atoms with Crippen molar-refractivity contribution in [2.24, 2.45) is 21.1 Å². The largest absolute Gasteiger partial charge is 0.361 e. The lowest BCUT2D eigenvalue weighted by Crippen LogP contribution is -2.17. The molecule has 0 aromatic carbocycles. The minimum absolute atomic E-state index is 0.0308. The second kappa shape index (κ2) is 14.4. The van der Waals surface area contributed by atoms with Crippen molar-refractivity contribution in [3.8, 4) is 0 Å². The molecule has 0 bridgehead atoms. The molecule has 1 aromatic heterocycles. The number of amides is 1. The van der Waals surface area contributed by atoms with Crippen molar-refractivity contribution < 1.29 is 4.79 Å². The monoisotopic (exact) mass is 497 g/mol. The van der Waals surface area contributed by atoms with Crippen molar-refractivity contribution in [3.63, 3.8) is 0 Å². The maximum absolute atomic E-state index is 12.4. The van der Waals surface area contributed by atoms with Crippen molar-refractivity contribution in [2.45, 2.75) is 38.1 Å². The molecule has 2 aliphatic rings. The predicted octanol–water partition coefficient (Wildman–Crippen LogP) is 4.72. The zero-order valence-corrected chi connectivity index (χ0v) is 21.5. The molecule has 1 amide bonds. The summed E-state index contributed by atoms with van der Waals surface area (Å²) < 4.78 is 0. The molecular weight excluding hydrogens is 462 g/mol. The number of allylic oxidation sites excluding steroid dienone is 6. The van der Waals surface area contributed by atoms with Crippen molar-refractivity contribution in [3.05, 3.63) is 84.9 Å². The third-order valence-corrected chi connectivity index (χ3v) is 5.97. The van der Waals surface area contributed by atoms with Crippen LogP contribution in [-0.4, -0.2) is 59.9 Å². The SMILES string of the molecule is C=CCC(/C=C/NC(=O)/C=C/C(=C\C=N)c1ccc(C2C=CC(C)=NC2)nc1)/C=N/N=C\N(C)C1CC1. The van der Waals surface area contributed by atoms with E-state index in [1.165, 1.54) is 25.1 Å². The van der Waals surface area contributed by atoms with Crippen LogP contribution in [0.25, 0.3) is 5.57 Å². The molecule has 8 heteroatoms. The number of carbonyl (C=O) groups excluding carboxylic acids is 1. The summed E-state index contributed by atoms with van der Waals surface area (Å²) >= 11 is 0. The zero-order valence-electron chi connectivity index (χ0n) is 21.5. The highest BCUT2D eigenvalue weighted by Crippen LogP contribution is 2.24. The summed E-state index contributed by atoms with van der Waals surface area (Å²) in [5, 5.41) is 18.4. The fourth-order valence-electron chi connectivity index (χ4n) is 3.60. The number of nitrogens with zero attached hydrogens (tertiary/aromatic N) is 5. The van der Waals surface area contributed by atoms with Gasteiger partial charge in [0.2, 0.25) is 5.91 Å². The second-order valence-electron chi connectivity index (χ2n) is 8.99. The van der Waals surface area contributed by atoms with Gasteiger partial charge >= 0.3 is 0 Å². The molecule has 2 unspecified atom stereocenters. The molecule has 0 radical (unpaired) electrons. The van der Waals surface area contributed by atoms with Crippen LogP contribution in [0.3, 0.4) is 0 Å². The van der Waals surface area contributed by atoms with Crippen molar-refractivity contribution in [2.75, 3.05) is 13.6 Å². The van der Waals surface area contributed by atoms with Crippen molar-refractivity contribution in [1.29, 1.82) is 5.41 Å². The number of rotatable bonds is 13. The van der Waals surface area contributed by atoms with Crippen LogP contribution in [0.5, 0.6) is 0 Å². The first-order valence-corrected chi connectivity index (χ1v) is 12.4. The van der Waals surface area contributed by atoms with E-state index in [4.69, 9.17) is 5.41 Å². The number of aliphatic imine (C=N–C) groups is 1. The van der Waals surface area contributed by atoms with Gasteiger partial charge in [0, 0.05) is 72.8 Å². The number of hydrogen-bond acceptors (Lipinski definition) is 6. The van der Waals surface area contributed by atoms with E-state index in [1.54, 1.807) is 43.2 Å². The quantitative estimate of drug-likeness (QED) is 0.103. The van der Waals surface area contributed by atoms with Gasteiger partial charge in [0.25, 0.3) is 0 Å². The highest BCUT2D eigenvalue weighted by molar-refractivity contribution is 5.94. The lowest BCUT2D eigenvalue weighted by Gasteiger charge is -2.14. The molecule has 37 heavy (non-hydrogen) atoms. The molecule has 2 atom stereocenters. The summed E-state index contributed by atoms with van der Waals surface area (Å²) in [4.78, 5) is 23.5. The Morgan fingerprint density at radius 2 is 2.16 bits per heavy atom. The van der Waals surface area contributed by atoms with Crippen LogP contribution in [0, 0.1) is 11.3 Å². The first kappa shape index (κ1) is 27.4. The average Bonchev–Trinajstić information content (AvgIpc) is 3.75. The minimum atomic E-state index is -0.282.